The lowest BCUT2D eigenvalue weighted by Gasteiger charge is -2.16. The molecule has 0 saturated carbocycles. The van der Waals surface area contributed by atoms with Crippen LogP contribution in [-0.2, 0) is 6.54 Å². The van der Waals surface area contributed by atoms with Crippen molar-refractivity contribution in [1.29, 1.82) is 0 Å². The number of hydrogen-bond acceptors (Lipinski definition) is 3. The number of aliphatic hydroxyl groups excluding tert-OH is 1. The monoisotopic (exact) mass is 282 g/mol. The Bertz CT molecular complexity index is 379. The Labute approximate surface area is 120 Å². The predicted molar refractivity (Wildman–Crippen MR) is 78.3 cm³/mol. The lowest BCUT2D eigenvalue weighted by Crippen LogP contribution is -2.39. The molecule has 0 radical (unpaired) electrons. The van der Waals surface area contributed by atoms with Gasteiger partial charge in [0, 0.05) is 32.0 Å². The number of carbonyl (C=O) groups is 1. The number of rotatable bonds is 8. The lowest BCUT2D eigenvalue weighted by atomic mass is 10.0. The molecule has 2 amide bonds. The van der Waals surface area contributed by atoms with Crippen molar-refractivity contribution in [3.8, 4) is 0 Å². The molecule has 1 heterocycles. The minimum absolute atomic E-state index is 0.187. The Morgan fingerprint density at radius 3 is 2.70 bits per heavy atom. The summed E-state index contributed by atoms with van der Waals surface area (Å²) in [6.07, 6.45) is 3.86. The highest BCUT2D eigenvalue weighted by Gasteiger charge is 2.10. The van der Waals surface area contributed by atoms with Crippen LogP contribution < -0.4 is 10.6 Å². The molecule has 6 heteroatoms. The van der Waals surface area contributed by atoms with Crippen molar-refractivity contribution >= 4 is 6.03 Å². The SMILES string of the molecule is CC(CNC(=O)NCCC(O)C(C)C)Cn1cccn1. The average molecular weight is 282 g/mol. The molecule has 3 N–H and O–H groups in total. The van der Waals surface area contributed by atoms with E-state index in [9.17, 15) is 9.90 Å². The first-order valence-corrected chi connectivity index (χ1v) is 7.16. The van der Waals surface area contributed by atoms with Gasteiger partial charge >= 0.3 is 6.03 Å². The van der Waals surface area contributed by atoms with E-state index in [4.69, 9.17) is 0 Å². The third-order valence-corrected chi connectivity index (χ3v) is 3.16. The number of urea groups is 1. The van der Waals surface area contributed by atoms with E-state index in [-0.39, 0.29) is 18.1 Å². The van der Waals surface area contributed by atoms with Crippen molar-refractivity contribution < 1.29 is 9.90 Å². The lowest BCUT2D eigenvalue weighted by molar-refractivity contribution is 0.116. The second-order valence-corrected chi connectivity index (χ2v) is 5.57. The van der Waals surface area contributed by atoms with Gasteiger partial charge in [0.15, 0.2) is 0 Å². The zero-order valence-corrected chi connectivity index (χ0v) is 12.5. The summed E-state index contributed by atoms with van der Waals surface area (Å²) < 4.78 is 1.85. The average Bonchev–Trinajstić information content (AvgIpc) is 2.89. The molecule has 2 unspecified atom stereocenters. The van der Waals surface area contributed by atoms with Crippen LogP contribution in [0.5, 0.6) is 0 Å². The van der Waals surface area contributed by atoms with Crippen LogP contribution in [0.4, 0.5) is 4.79 Å². The van der Waals surface area contributed by atoms with Crippen molar-refractivity contribution in [1.82, 2.24) is 20.4 Å². The van der Waals surface area contributed by atoms with E-state index in [1.807, 2.05) is 30.8 Å². The van der Waals surface area contributed by atoms with E-state index in [0.717, 1.165) is 6.54 Å². The zero-order chi connectivity index (χ0) is 15.0. The molecule has 0 aliphatic rings. The topological polar surface area (TPSA) is 79.2 Å². The van der Waals surface area contributed by atoms with Gasteiger partial charge in [-0.3, -0.25) is 4.68 Å². The molecular weight excluding hydrogens is 256 g/mol. The van der Waals surface area contributed by atoms with E-state index in [0.29, 0.717) is 25.4 Å². The fourth-order valence-electron chi connectivity index (χ4n) is 1.79. The van der Waals surface area contributed by atoms with Gasteiger partial charge in [-0.1, -0.05) is 20.8 Å². The Balaban J connectivity index is 2.10. The summed E-state index contributed by atoms with van der Waals surface area (Å²) in [5.74, 6) is 0.524. The maximum atomic E-state index is 11.6. The highest BCUT2D eigenvalue weighted by atomic mass is 16.3. The summed E-state index contributed by atoms with van der Waals surface area (Å²) in [6.45, 7) is 7.84. The first-order valence-electron chi connectivity index (χ1n) is 7.16. The van der Waals surface area contributed by atoms with Crippen LogP contribution in [0.3, 0.4) is 0 Å². The van der Waals surface area contributed by atoms with Gasteiger partial charge in [-0.05, 0) is 24.3 Å². The standard InChI is InChI=1S/C14H26N4O2/c1-11(2)13(19)5-7-15-14(20)16-9-12(3)10-18-8-4-6-17-18/h4,6,8,11-13,19H,5,7,9-10H2,1-3H3,(H2,15,16,20). The van der Waals surface area contributed by atoms with Gasteiger partial charge in [-0.25, -0.2) is 4.79 Å². The molecule has 0 aliphatic heterocycles. The summed E-state index contributed by atoms with van der Waals surface area (Å²) in [5, 5.41) is 19.3. The van der Waals surface area contributed by atoms with E-state index in [2.05, 4.69) is 22.7 Å². The normalized spacial score (nSPS) is 14.1. The first-order chi connectivity index (χ1) is 9.49. The van der Waals surface area contributed by atoms with Gasteiger partial charge in [0.1, 0.15) is 0 Å². The van der Waals surface area contributed by atoms with Crippen LogP contribution in [0.15, 0.2) is 18.5 Å². The number of aliphatic hydroxyl groups is 1. The Hall–Kier alpha value is -1.56. The smallest absolute Gasteiger partial charge is 0.314 e. The molecule has 1 aromatic rings. The van der Waals surface area contributed by atoms with Crippen LogP contribution in [0.2, 0.25) is 0 Å². The molecule has 114 valence electrons. The summed E-state index contributed by atoms with van der Waals surface area (Å²) in [7, 11) is 0. The van der Waals surface area contributed by atoms with Crippen LogP contribution in [0.1, 0.15) is 27.2 Å². The van der Waals surface area contributed by atoms with Gasteiger partial charge in [0.05, 0.1) is 6.10 Å². The van der Waals surface area contributed by atoms with Gasteiger partial charge in [-0.15, -0.1) is 0 Å². The van der Waals surface area contributed by atoms with Gasteiger partial charge in [0.2, 0.25) is 0 Å². The molecule has 0 bridgehead atoms. The number of aromatic nitrogens is 2. The maximum absolute atomic E-state index is 11.6. The highest BCUT2D eigenvalue weighted by molar-refractivity contribution is 5.73. The largest absolute Gasteiger partial charge is 0.393 e. The molecule has 20 heavy (non-hydrogen) atoms. The molecule has 0 fully saturated rings. The third kappa shape index (κ3) is 6.56. The van der Waals surface area contributed by atoms with Crippen molar-refractivity contribution in [2.24, 2.45) is 11.8 Å². The molecule has 6 nitrogen and oxygen atoms in total. The maximum Gasteiger partial charge on any atom is 0.314 e. The minimum Gasteiger partial charge on any atom is -0.393 e. The van der Waals surface area contributed by atoms with Crippen LogP contribution in [-0.4, -0.2) is 40.1 Å². The fraction of sp³-hybridized carbons (Fsp3) is 0.714. The van der Waals surface area contributed by atoms with Crippen LogP contribution >= 0.6 is 0 Å². The molecule has 1 rings (SSSR count). The summed E-state index contributed by atoms with van der Waals surface area (Å²) in [5.41, 5.74) is 0. The second-order valence-electron chi connectivity index (χ2n) is 5.57. The zero-order valence-electron chi connectivity index (χ0n) is 12.5. The van der Waals surface area contributed by atoms with Crippen molar-refractivity contribution in [2.45, 2.75) is 39.8 Å². The molecule has 0 saturated heterocycles. The number of nitrogens with zero attached hydrogens (tertiary/aromatic N) is 2. The molecular formula is C14H26N4O2. The Kier molecular flexibility index (Phi) is 7.08. The van der Waals surface area contributed by atoms with Gasteiger partial charge in [0.25, 0.3) is 0 Å². The number of carbonyl (C=O) groups excluding carboxylic acids is 1. The third-order valence-electron chi connectivity index (χ3n) is 3.16. The molecule has 2 atom stereocenters. The number of amides is 2. The van der Waals surface area contributed by atoms with E-state index in [1.165, 1.54) is 0 Å². The van der Waals surface area contributed by atoms with Gasteiger partial charge < -0.3 is 15.7 Å². The summed E-state index contributed by atoms with van der Waals surface area (Å²) >= 11 is 0. The molecule has 1 aromatic heterocycles. The van der Waals surface area contributed by atoms with Crippen LogP contribution in [0.25, 0.3) is 0 Å². The first kappa shape index (κ1) is 16.5. The molecule has 0 aromatic carbocycles. The van der Waals surface area contributed by atoms with Gasteiger partial charge in [-0.2, -0.15) is 5.10 Å². The Morgan fingerprint density at radius 2 is 2.10 bits per heavy atom. The van der Waals surface area contributed by atoms with E-state index in [1.54, 1.807) is 6.20 Å². The van der Waals surface area contributed by atoms with Crippen molar-refractivity contribution in [2.75, 3.05) is 13.1 Å². The van der Waals surface area contributed by atoms with Crippen molar-refractivity contribution in [3.05, 3.63) is 18.5 Å². The predicted octanol–water partition coefficient (Wildman–Crippen LogP) is 1.23. The quantitative estimate of drug-likeness (QED) is 0.671. The van der Waals surface area contributed by atoms with Crippen molar-refractivity contribution in [3.63, 3.8) is 0 Å². The number of nitrogens with one attached hydrogen (secondary N) is 2. The fourth-order valence-corrected chi connectivity index (χ4v) is 1.79. The van der Waals surface area contributed by atoms with Crippen LogP contribution in [0, 0.1) is 11.8 Å². The minimum atomic E-state index is -0.367. The molecule has 0 aliphatic carbocycles. The summed E-state index contributed by atoms with van der Waals surface area (Å²) in [4.78, 5) is 11.6. The highest BCUT2D eigenvalue weighted by Crippen LogP contribution is 2.03. The van der Waals surface area contributed by atoms with E-state index >= 15 is 0 Å². The second kappa shape index (κ2) is 8.58. The number of hydrogen-bond donors (Lipinski definition) is 3. The Morgan fingerprint density at radius 1 is 1.35 bits per heavy atom. The summed E-state index contributed by atoms with van der Waals surface area (Å²) in [6, 6.07) is 1.70. The molecule has 0 spiro atoms. The van der Waals surface area contributed by atoms with E-state index < -0.39 is 0 Å².